The quantitative estimate of drug-likeness (QED) is 0.212. The van der Waals surface area contributed by atoms with Crippen LogP contribution in [-0.4, -0.2) is 0 Å². The van der Waals surface area contributed by atoms with Gasteiger partial charge >= 0.3 is 3910 Å². The SMILES string of the molecule is Cl.Cl.Cl.[K+].[K+].[K+].[K+].[K+].[K+].[K+].[K+].[K+].[K+].[K+].[K+].[K+].[K+].[K+].[K+].[K+].[K+].[K+].[K+].[K+].[K+].[K+].[K+].[K+].[K+].[K+].[K+].[K+].[K+].[K+].[K+].[K+].[K+].[K+].[K+].[K+].[K+].[K+].[K+].[K+].[K+].[K+].[K+].[K+].[K+].[K+].[K+].[K+].[K+].[K+].[K+].[K+].[K+].[K+].[K+].[K+].[K+].[K+].[K+].[K+].[K+].[K+].[K+].[K+].[K+].[K+].[K+].[K+].[K+].[K+].[K+].[K+].[K+].[K+].[K+]. The molecule has 0 bridgehead atoms. The molecule has 0 unspecified atom stereocenters. The maximum Gasteiger partial charge on any atom is 1.00 e. The Labute approximate surface area is 3760 Å². The summed E-state index contributed by atoms with van der Waals surface area (Å²) in [6.07, 6.45) is 0. The van der Waals surface area contributed by atoms with Gasteiger partial charge in [0, 0.05) is 0 Å². The molecule has 0 amide bonds. The third-order valence-corrected chi connectivity index (χ3v) is 0. The molecule has 0 saturated carbocycles. The van der Waals surface area contributed by atoms with E-state index in [0.29, 0.717) is 0 Å². The van der Waals surface area contributed by atoms with Crippen molar-refractivity contribution < 1.29 is 3910 Å². The van der Waals surface area contributed by atoms with Crippen LogP contribution >= 0.6 is 37.2 Å². The molecule has 24 valence electrons. The van der Waals surface area contributed by atoms with E-state index in [2.05, 4.69) is 0 Å². The van der Waals surface area contributed by atoms with E-state index in [1.807, 2.05) is 0 Å². The fourth-order valence-corrected chi connectivity index (χ4v) is 0. The Morgan fingerprint density at radius 2 is 0.0253 bits per heavy atom. The van der Waals surface area contributed by atoms with Crippen LogP contribution in [-0.2, 0) is 0 Å². The molecule has 0 atom stereocenters. The van der Waals surface area contributed by atoms with Gasteiger partial charge in [-0.2, -0.15) is 0 Å². The van der Waals surface area contributed by atoms with Crippen LogP contribution in [0.2, 0.25) is 0 Å². The largest absolute Gasteiger partial charge is 1.00 e. The molecule has 0 radical (unpaired) electrons. The first-order valence-electron chi connectivity index (χ1n) is 0. The third kappa shape index (κ3) is 525. The van der Waals surface area contributed by atoms with E-state index in [-0.39, 0.29) is 3940 Å². The van der Waals surface area contributed by atoms with Gasteiger partial charge in [-0.1, -0.05) is 0 Å². The van der Waals surface area contributed by atoms with Crippen molar-refractivity contribution in [2.75, 3.05) is 0 Å². The molecule has 0 aromatic carbocycles. The van der Waals surface area contributed by atoms with Crippen molar-refractivity contribution in [3.8, 4) is 0 Å². The molecule has 0 nitrogen and oxygen atoms in total. The minimum absolute atomic E-state index is 0. The smallest absolute Gasteiger partial charge is 0.147 e. The summed E-state index contributed by atoms with van der Waals surface area (Å²) < 4.78 is 0. The molecular formula is H3Cl3K76+76. The molecule has 0 aliphatic heterocycles. The summed E-state index contributed by atoms with van der Waals surface area (Å²) in [7, 11) is 0. The standard InChI is InChI=1S/3ClH.76K/h3*1H;;;;;;;;;;;;;;;;;;;;;;;;;;;;;;;;;;;;;;;;;;;;;;;;;;;;;;;;;;;;;;;;;;;;;;;;;;;;/q;;;76*+1. The van der Waals surface area contributed by atoms with Gasteiger partial charge in [0.1, 0.15) is 0 Å². The minimum Gasteiger partial charge on any atom is -0.147 e. The van der Waals surface area contributed by atoms with Gasteiger partial charge in [-0.15, -0.1) is 37.2 Å². The molecule has 0 aliphatic rings. The molecule has 0 aromatic rings. The summed E-state index contributed by atoms with van der Waals surface area (Å²) in [5.41, 5.74) is 0. The zero-order valence-corrected chi connectivity index (χ0v) is 317. The normalized spacial score (nSPS) is 0. The zero-order chi connectivity index (χ0) is 0. The van der Waals surface area contributed by atoms with Crippen molar-refractivity contribution in [2.45, 2.75) is 0 Å². The van der Waals surface area contributed by atoms with Crippen molar-refractivity contribution in [1.82, 2.24) is 0 Å². The monoisotopic (exact) mass is 3070 g/mol. The summed E-state index contributed by atoms with van der Waals surface area (Å²) in [4.78, 5) is 0. The summed E-state index contributed by atoms with van der Waals surface area (Å²) >= 11 is 0. The first-order valence-corrected chi connectivity index (χ1v) is 0. The van der Waals surface area contributed by atoms with Gasteiger partial charge < -0.3 is 0 Å². The third-order valence-electron chi connectivity index (χ3n) is 0. The Morgan fingerprint density at radius 3 is 0.0253 bits per heavy atom. The molecule has 0 fully saturated rings. The van der Waals surface area contributed by atoms with E-state index in [0.717, 1.165) is 0 Å². The predicted octanol–water partition coefficient (Wildman–Crippen LogP) is -226. The molecule has 0 saturated heterocycles. The van der Waals surface area contributed by atoms with Gasteiger partial charge in [-0.05, 0) is 0 Å². The number of rotatable bonds is 0. The Morgan fingerprint density at radius 1 is 0.0253 bits per heavy atom. The summed E-state index contributed by atoms with van der Waals surface area (Å²) in [6, 6.07) is 0. The van der Waals surface area contributed by atoms with E-state index in [1.165, 1.54) is 0 Å². The number of hydrogen-bond acceptors (Lipinski definition) is 0. The van der Waals surface area contributed by atoms with E-state index < -0.39 is 0 Å². The second kappa shape index (κ2) is 530. The molecule has 79 heavy (non-hydrogen) atoms. The van der Waals surface area contributed by atoms with Crippen molar-refractivity contribution in [2.24, 2.45) is 0 Å². The van der Waals surface area contributed by atoms with Gasteiger partial charge in [-0.3, -0.25) is 0 Å². The van der Waals surface area contributed by atoms with Crippen LogP contribution in [0.5, 0.6) is 0 Å². The Kier molecular flexibility index (Phi) is 3610. The molecule has 79 heteroatoms. The van der Waals surface area contributed by atoms with Gasteiger partial charge in [0.25, 0.3) is 0 Å². The maximum absolute atomic E-state index is 0. The summed E-state index contributed by atoms with van der Waals surface area (Å²) in [6.45, 7) is 0. The van der Waals surface area contributed by atoms with Crippen LogP contribution in [0.3, 0.4) is 0 Å². The van der Waals surface area contributed by atoms with Crippen LogP contribution in [0.1, 0.15) is 0 Å². The van der Waals surface area contributed by atoms with Crippen molar-refractivity contribution >= 4 is 37.2 Å². The first kappa shape index (κ1) is 538. The Hall–Kier alpha value is 125. The Balaban J connectivity index is 0. The molecular weight excluding hydrogens is 3080 g/mol. The second-order valence-electron chi connectivity index (χ2n) is 0. The average Bonchev–Trinajstić information content (AvgIpc) is 0. The van der Waals surface area contributed by atoms with Crippen LogP contribution < -0.4 is 3910 Å². The van der Waals surface area contributed by atoms with Gasteiger partial charge in [-0.25, -0.2) is 0 Å². The maximum atomic E-state index is 0. The second-order valence-corrected chi connectivity index (χ2v) is 0. The van der Waals surface area contributed by atoms with E-state index in [9.17, 15) is 0 Å². The van der Waals surface area contributed by atoms with E-state index in [4.69, 9.17) is 0 Å². The predicted molar refractivity (Wildman–Crippen MR) is 21.7 cm³/mol. The van der Waals surface area contributed by atoms with Gasteiger partial charge in [0.15, 0.2) is 0 Å². The Bertz CT molecular complexity index is 18.4. The molecule has 0 rings (SSSR count). The van der Waals surface area contributed by atoms with E-state index in [1.54, 1.807) is 0 Å². The molecule has 0 aromatic heterocycles. The van der Waals surface area contributed by atoms with Crippen molar-refractivity contribution in [3.63, 3.8) is 0 Å². The fourth-order valence-electron chi connectivity index (χ4n) is 0. The first-order chi connectivity index (χ1) is 0. The van der Waals surface area contributed by atoms with Crippen LogP contribution in [0.25, 0.3) is 0 Å². The van der Waals surface area contributed by atoms with Gasteiger partial charge in [0.2, 0.25) is 0 Å². The fraction of sp³-hybridized carbons (Fsp3) is 0. The van der Waals surface area contributed by atoms with Crippen LogP contribution in [0.15, 0.2) is 0 Å². The average molecular weight is 3080 g/mol. The van der Waals surface area contributed by atoms with Crippen molar-refractivity contribution in [1.29, 1.82) is 0 Å². The van der Waals surface area contributed by atoms with Crippen LogP contribution in [0, 0.1) is 0 Å². The summed E-state index contributed by atoms with van der Waals surface area (Å²) in [5, 5.41) is 0. The van der Waals surface area contributed by atoms with Crippen molar-refractivity contribution in [3.05, 3.63) is 0 Å². The topological polar surface area (TPSA) is 0 Å². The summed E-state index contributed by atoms with van der Waals surface area (Å²) in [5.74, 6) is 0. The molecule has 0 N–H and O–H groups in total. The molecule has 0 heterocycles. The molecule has 0 spiro atoms. The van der Waals surface area contributed by atoms with Crippen LogP contribution in [0.4, 0.5) is 0 Å². The molecule has 0 aliphatic carbocycles. The van der Waals surface area contributed by atoms with E-state index >= 15 is 0 Å². The minimum atomic E-state index is 0. The van der Waals surface area contributed by atoms with Gasteiger partial charge in [0.05, 0.1) is 0 Å². The number of halogens is 3. The number of hydrogen-bond donors (Lipinski definition) is 0. The zero-order valence-electron chi connectivity index (χ0n) is 77.2.